The van der Waals surface area contributed by atoms with Crippen molar-refractivity contribution in [1.82, 2.24) is 9.66 Å². The third kappa shape index (κ3) is 2.26. The molecule has 0 amide bonds. The van der Waals surface area contributed by atoms with E-state index in [1.165, 1.54) is 21.4 Å². The molecule has 1 aromatic heterocycles. The van der Waals surface area contributed by atoms with Crippen molar-refractivity contribution in [3.05, 3.63) is 34.6 Å². The number of anilines is 1. The van der Waals surface area contributed by atoms with Crippen molar-refractivity contribution in [2.24, 2.45) is 0 Å². The number of nitrogens with two attached hydrogens (primary N) is 2. The van der Waals surface area contributed by atoms with Crippen LogP contribution in [0.1, 0.15) is 43.3 Å². The highest BCUT2D eigenvalue weighted by atomic mass is 15.4. The molecule has 4 heteroatoms. The summed E-state index contributed by atoms with van der Waals surface area (Å²) in [6.07, 6.45) is 0. The van der Waals surface area contributed by atoms with Crippen molar-refractivity contribution in [3.63, 3.8) is 0 Å². The van der Waals surface area contributed by atoms with Gasteiger partial charge in [0.15, 0.2) is 5.82 Å². The molecule has 0 saturated heterocycles. The Morgan fingerprint density at radius 1 is 1.00 bits per heavy atom. The highest BCUT2D eigenvalue weighted by Gasteiger charge is 2.25. The fourth-order valence-electron chi connectivity index (χ4n) is 2.39. The fourth-order valence-corrected chi connectivity index (χ4v) is 2.39. The van der Waals surface area contributed by atoms with E-state index in [4.69, 9.17) is 16.6 Å². The van der Waals surface area contributed by atoms with E-state index in [0.717, 1.165) is 17.1 Å². The number of hydrogen-bond donors (Lipinski definition) is 2. The summed E-state index contributed by atoms with van der Waals surface area (Å²) in [7, 11) is 0. The van der Waals surface area contributed by atoms with Gasteiger partial charge in [-0.1, -0.05) is 26.8 Å². The minimum atomic E-state index is -0.144. The maximum Gasteiger partial charge on any atom is 0.150 e. The minimum absolute atomic E-state index is 0.144. The highest BCUT2D eigenvalue weighted by Crippen LogP contribution is 2.33. The molecule has 2 rings (SSSR count). The molecule has 0 aliphatic rings. The Bertz CT molecular complexity index is 660. The van der Waals surface area contributed by atoms with Gasteiger partial charge < -0.3 is 11.6 Å². The van der Waals surface area contributed by atoms with Gasteiger partial charge in [-0.2, -0.15) is 0 Å². The number of nitrogen functional groups attached to an aromatic ring is 2. The van der Waals surface area contributed by atoms with Gasteiger partial charge in [0, 0.05) is 11.0 Å². The van der Waals surface area contributed by atoms with Crippen molar-refractivity contribution < 1.29 is 0 Å². The lowest BCUT2D eigenvalue weighted by Crippen LogP contribution is -2.24. The lowest BCUT2D eigenvalue weighted by Gasteiger charge is -2.17. The van der Waals surface area contributed by atoms with Crippen molar-refractivity contribution in [2.45, 2.75) is 47.0 Å². The van der Waals surface area contributed by atoms with Gasteiger partial charge in [0.25, 0.3) is 0 Å². The predicted molar refractivity (Wildman–Crippen MR) is 85.1 cm³/mol. The van der Waals surface area contributed by atoms with Crippen LogP contribution in [-0.2, 0) is 5.41 Å². The molecule has 0 fully saturated rings. The quantitative estimate of drug-likeness (QED) is 0.784. The topological polar surface area (TPSA) is 69.9 Å². The lowest BCUT2D eigenvalue weighted by molar-refractivity contribution is 0.532. The molecule has 108 valence electrons. The molecule has 2 aromatic rings. The summed E-state index contributed by atoms with van der Waals surface area (Å²) in [4.78, 5) is 4.70. The van der Waals surface area contributed by atoms with Crippen LogP contribution in [0.4, 0.5) is 5.82 Å². The average Bonchev–Trinajstić information content (AvgIpc) is 2.61. The minimum Gasteiger partial charge on any atom is -0.382 e. The fraction of sp³-hybridized carbons (Fsp3) is 0.438. The number of imidazole rings is 1. The van der Waals surface area contributed by atoms with Crippen LogP contribution >= 0.6 is 0 Å². The molecule has 0 aliphatic heterocycles. The van der Waals surface area contributed by atoms with Crippen LogP contribution in [0.15, 0.2) is 12.1 Å². The Kier molecular flexibility index (Phi) is 3.28. The van der Waals surface area contributed by atoms with Crippen LogP contribution in [0.2, 0.25) is 0 Å². The molecule has 0 saturated carbocycles. The van der Waals surface area contributed by atoms with E-state index in [-0.39, 0.29) is 5.41 Å². The molecule has 0 atom stereocenters. The van der Waals surface area contributed by atoms with Gasteiger partial charge in [-0.05, 0) is 43.5 Å². The predicted octanol–water partition coefficient (Wildman–Crippen LogP) is 3.07. The molecule has 0 radical (unpaired) electrons. The van der Waals surface area contributed by atoms with E-state index in [1.807, 2.05) is 0 Å². The molecule has 0 unspecified atom stereocenters. The molecule has 1 heterocycles. The van der Waals surface area contributed by atoms with Gasteiger partial charge in [0.2, 0.25) is 0 Å². The molecular formula is C16H24N4. The van der Waals surface area contributed by atoms with E-state index in [1.54, 1.807) is 0 Å². The van der Waals surface area contributed by atoms with Gasteiger partial charge in [0.1, 0.15) is 11.5 Å². The molecule has 1 aromatic carbocycles. The summed E-state index contributed by atoms with van der Waals surface area (Å²) < 4.78 is 1.50. The summed E-state index contributed by atoms with van der Waals surface area (Å²) in [5.74, 6) is 7.38. The maximum atomic E-state index is 6.16. The zero-order valence-corrected chi connectivity index (χ0v) is 13.2. The summed E-state index contributed by atoms with van der Waals surface area (Å²) in [6.45, 7) is 12.5. The second-order valence-corrected chi connectivity index (χ2v) is 6.54. The standard InChI is InChI=1S/C16H24N4/c1-9-7-11(3)12(8-10(9)2)13-14(17)20(18)15(19-13)16(4,5)6/h7-8H,17-18H2,1-6H3. The largest absolute Gasteiger partial charge is 0.382 e. The first-order chi connectivity index (χ1) is 9.12. The second kappa shape index (κ2) is 4.54. The summed E-state index contributed by atoms with van der Waals surface area (Å²) in [5, 5.41) is 0. The smallest absolute Gasteiger partial charge is 0.150 e. The first-order valence-corrected chi connectivity index (χ1v) is 6.85. The number of rotatable bonds is 1. The molecule has 0 aliphatic carbocycles. The third-order valence-corrected chi connectivity index (χ3v) is 3.71. The van der Waals surface area contributed by atoms with Crippen LogP contribution in [0.3, 0.4) is 0 Å². The molecule has 20 heavy (non-hydrogen) atoms. The average molecular weight is 272 g/mol. The molecule has 0 spiro atoms. The van der Waals surface area contributed by atoms with Crippen LogP contribution in [0.25, 0.3) is 11.3 Å². The van der Waals surface area contributed by atoms with E-state index < -0.39 is 0 Å². The molecule has 4 nitrogen and oxygen atoms in total. The third-order valence-electron chi connectivity index (χ3n) is 3.71. The number of benzene rings is 1. The number of hydrogen-bond acceptors (Lipinski definition) is 3. The van der Waals surface area contributed by atoms with Gasteiger partial charge in [-0.15, -0.1) is 0 Å². The summed E-state index contributed by atoms with van der Waals surface area (Å²) in [5.41, 5.74) is 11.5. The van der Waals surface area contributed by atoms with Crippen LogP contribution in [-0.4, -0.2) is 9.66 Å². The monoisotopic (exact) mass is 272 g/mol. The van der Waals surface area contributed by atoms with Crippen molar-refractivity contribution in [1.29, 1.82) is 0 Å². The Hall–Kier alpha value is -1.97. The van der Waals surface area contributed by atoms with Gasteiger partial charge >= 0.3 is 0 Å². The zero-order chi connectivity index (χ0) is 15.2. The van der Waals surface area contributed by atoms with Gasteiger partial charge in [-0.3, -0.25) is 0 Å². The summed E-state index contributed by atoms with van der Waals surface area (Å²) in [6, 6.07) is 4.30. The first kappa shape index (κ1) is 14.4. The van der Waals surface area contributed by atoms with Gasteiger partial charge in [-0.25, -0.2) is 9.66 Å². The van der Waals surface area contributed by atoms with Crippen LogP contribution in [0.5, 0.6) is 0 Å². The number of nitrogens with zero attached hydrogens (tertiary/aromatic N) is 2. The first-order valence-electron chi connectivity index (χ1n) is 6.85. The van der Waals surface area contributed by atoms with Crippen molar-refractivity contribution in [3.8, 4) is 11.3 Å². The van der Waals surface area contributed by atoms with Crippen LogP contribution < -0.4 is 11.6 Å². The number of aromatic nitrogens is 2. The normalized spacial score (nSPS) is 11.9. The Morgan fingerprint density at radius 3 is 2.05 bits per heavy atom. The van der Waals surface area contributed by atoms with E-state index in [2.05, 4.69) is 53.7 Å². The van der Waals surface area contributed by atoms with Crippen molar-refractivity contribution >= 4 is 5.82 Å². The zero-order valence-electron chi connectivity index (χ0n) is 13.2. The second-order valence-electron chi connectivity index (χ2n) is 6.54. The maximum absolute atomic E-state index is 6.16. The van der Waals surface area contributed by atoms with Gasteiger partial charge in [0.05, 0.1) is 0 Å². The van der Waals surface area contributed by atoms with E-state index >= 15 is 0 Å². The Labute approximate surface area is 120 Å². The Balaban J connectivity index is 2.69. The molecular weight excluding hydrogens is 248 g/mol. The van der Waals surface area contributed by atoms with E-state index in [0.29, 0.717) is 5.82 Å². The van der Waals surface area contributed by atoms with E-state index in [9.17, 15) is 0 Å². The molecule has 4 N–H and O–H groups in total. The number of aryl methyl sites for hydroxylation is 3. The SMILES string of the molecule is Cc1cc(C)c(-c2nc(C(C)(C)C)n(N)c2N)cc1C. The lowest BCUT2D eigenvalue weighted by atomic mass is 9.96. The Morgan fingerprint density at radius 2 is 1.55 bits per heavy atom. The summed E-state index contributed by atoms with van der Waals surface area (Å²) >= 11 is 0. The molecule has 0 bridgehead atoms. The van der Waals surface area contributed by atoms with Crippen LogP contribution in [0, 0.1) is 20.8 Å². The van der Waals surface area contributed by atoms with Crippen molar-refractivity contribution in [2.75, 3.05) is 11.6 Å². The highest BCUT2D eigenvalue weighted by molar-refractivity contribution is 5.75.